The van der Waals surface area contributed by atoms with E-state index in [0.717, 1.165) is 29.7 Å². The van der Waals surface area contributed by atoms with Crippen molar-refractivity contribution < 1.29 is 9.00 Å². The van der Waals surface area contributed by atoms with E-state index in [1.54, 1.807) is 18.2 Å². The van der Waals surface area contributed by atoms with E-state index in [-0.39, 0.29) is 11.5 Å². The summed E-state index contributed by atoms with van der Waals surface area (Å²) in [5.41, 5.74) is 2.43. The Bertz CT molecular complexity index is 1260. The molecule has 3 aromatic rings. The summed E-state index contributed by atoms with van der Waals surface area (Å²) < 4.78 is 15.3. The summed E-state index contributed by atoms with van der Waals surface area (Å²) >= 11 is 0. The molecule has 1 unspecified atom stereocenters. The predicted molar refractivity (Wildman–Crippen MR) is 125 cm³/mol. The van der Waals surface area contributed by atoms with Crippen LogP contribution < -0.4 is 5.56 Å². The Morgan fingerprint density at radius 1 is 0.969 bits per heavy atom. The van der Waals surface area contributed by atoms with Gasteiger partial charge in [0, 0.05) is 62.3 Å². The summed E-state index contributed by atoms with van der Waals surface area (Å²) in [7, 11) is 0.656. The molecule has 0 aliphatic carbocycles. The third kappa shape index (κ3) is 3.90. The zero-order valence-electron chi connectivity index (χ0n) is 18.0. The molecule has 0 saturated carbocycles. The molecule has 8 heteroatoms. The van der Waals surface area contributed by atoms with Crippen LogP contribution in [-0.2, 0) is 24.0 Å². The molecule has 5 rings (SSSR count). The molecular formula is C24H26N4O3S. The van der Waals surface area contributed by atoms with Crippen molar-refractivity contribution >= 4 is 27.7 Å². The van der Waals surface area contributed by atoms with Gasteiger partial charge >= 0.3 is 0 Å². The quantitative estimate of drug-likeness (QED) is 0.662. The van der Waals surface area contributed by atoms with Crippen LogP contribution in [0.1, 0.15) is 21.6 Å². The van der Waals surface area contributed by atoms with E-state index in [4.69, 9.17) is 0 Å². The van der Waals surface area contributed by atoms with Gasteiger partial charge in [-0.05, 0) is 42.3 Å². The summed E-state index contributed by atoms with van der Waals surface area (Å²) in [6, 6.07) is 14.7. The van der Waals surface area contributed by atoms with Crippen molar-refractivity contribution in [1.29, 1.82) is 0 Å². The minimum absolute atomic E-state index is 0.00971. The van der Waals surface area contributed by atoms with Crippen molar-refractivity contribution in [3.05, 3.63) is 75.7 Å². The fourth-order valence-electron chi connectivity index (χ4n) is 4.49. The molecule has 1 N–H and O–H groups in total. The van der Waals surface area contributed by atoms with Crippen LogP contribution in [-0.4, -0.2) is 69.0 Å². The zero-order chi connectivity index (χ0) is 22.2. The van der Waals surface area contributed by atoms with E-state index in [1.807, 2.05) is 39.5 Å². The Labute approximate surface area is 189 Å². The maximum atomic E-state index is 13.4. The van der Waals surface area contributed by atoms with Crippen LogP contribution in [0, 0.1) is 0 Å². The molecular weight excluding hydrogens is 424 g/mol. The second-order valence-electron chi connectivity index (χ2n) is 8.44. The summed E-state index contributed by atoms with van der Waals surface area (Å²) in [6.07, 6.45) is 0.626. The van der Waals surface area contributed by atoms with Gasteiger partial charge in [-0.2, -0.15) is 0 Å². The smallest absolute Gasteiger partial charge is 0.256 e. The van der Waals surface area contributed by atoms with E-state index in [0.29, 0.717) is 48.4 Å². The number of aromatic nitrogens is 1. The molecule has 3 heterocycles. The molecule has 0 radical (unpaired) electrons. The van der Waals surface area contributed by atoms with Crippen LogP contribution in [0.3, 0.4) is 0 Å². The number of carbonyl (C=O) groups is 1. The molecule has 1 fully saturated rings. The largest absolute Gasteiger partial charge is 0.336 e. The second kappa shape index (κ2) is 8.61. The number of nitrogens with zero attached hydrogens (tertiary/aromatic N) is 3. The van der Waals surface area contributed by atoms with Crippen LogP contribution >= 0.6 is 0 Å². The van der Waals surface area contributed by atoms with Crippen molar-refractivity contribution in [3.63, 3.8) is 0 Å². The van der Waals surface area contributed by atoms with E-state index in [1.165, 1.54) is 0 Å². The highest BCUT2D eigenvalue weighted by atomic mass is 32.2. The van der Waals surface area contributed by atoms with Crippen LogP contribution in [0.5, 0.6) is 0 Å². The third-order valence-corrected chi connectivity index (χ3v) is 7.82. The van der Waals surface area contributed by atoms with E-state index >= 15 is 0 Å². The van der Waals surface area contributed by atoms with Gasteiger partial charge in [-0.25, -0.2) is 8.51 Å². The van der Waals surface area contributed by atoms with Gasteiger partial charge in [-0.3, -0.25) is 9.59 Å². The number of rotatable bonds is 3. The standard InChI is InChI=1S/C24H26N4O3S/c1-26-11-13-27(14-12-26)24(30)17-5-4-6-18(15-17)32(31)28-10-9-22-21(16-28)19-7-2-3-8-20(19)23(29)25-22/h2-8,15H,9-14,16H2,1H3,(H,25,29). The number of H-pyrrole nitrogens is 1. The molecule has 1 atom stereocenters. The zero-order valence-corrected chi connectivity index (χ0v) is 18.9. The number of carbonyl (C=O) groups excluding carboxylic acids is 1. The van der Waals surface area contributed by atoms with E-state index < -0.39 is 11.0 Å². The molecule has 1 aromatic heterocycles. The highest BCUT2D eigenvalue weighted by molar-refractivity contribution is 7.82. The highest BCUT2D eigenvalue weighted by Gasteiger charge is 2.26. The summed E-state index contributed by atoms with van der Waals surface area (Å²) in [6.45, 7) is 4.19. The SMILES string of the molecule is CN1CCN(C(=O)c2cccc(S(=O)N3CCc4[nH]c(=O)c5ccccc5c4C3)c2)CC1. The first kappa shape index (κ1) is 21.1. The Balaban J connectivity index is 1.39. The number of piperazine rings is 1. The fraction of sp³-hybridized carbons (Fsp3) is 0.333. The normalized spacial score (nSPS) is 18.5. The van der Waals surface area contributed by atoms with Crippen molar-refractivity contribution in [2.24, 2.45) is 0 Å². The Hall–Kier alpha value is -2.81. The first-order chi connectivity index (χ1) is 15.5. The number of nitrogens with one attached hydrogen (secondary N) is 1. The predicted octanol–water partition coefficient (Wildman–Crippen LogP) is 2.00. The Kier molecular flexibility index (Phi) is 5.67. The first-order valence-electron chi connectivity index (χ1n) is 10.9. The van der Waals surface area contributed by atoms with Crippen molar-refractivity contribution in [3.8, 4) is 0 Å². The van der Waals surface area contributed by atoms with Gasteiger partial charge < -0.3 is 14.8 Å². The molecule has 0 bridgehead atoms. The monoisotopic (exact) mass is 450 g/mol. The number of amides is 1. The van der Waals surface area contributed by atoms with Gasteiger partial charge in [0.15, 0.2) is 0 Å². The summed E-state index contributed by atoms with van der Waals surface area (Å²) in [4.78, 5) is 33.0. The lowest BCUT2D eigenvalue weighted by Crippen LogP contribution is -2.47. The van der Waals surface area contributed by atoms with Crippen LogP contribution in [0.15, 0.2) is 58.2 Å². The number of hydrogen-bond donors (Lipinski definition) is 1. The average Bonchev–Trinajstić information content (AvgIpc) is 2.84. The number of hydrogen-bond acceptors (Lipinski definition) is 4. The van der Waals surface area contributed by atoms with Crippen molar-refractivity contribution in [2.45, 2.75) is 17.9 Å². The number of likely N-dealkylation sites (N-methyl/N-ethyl adjacent to an activating group) is 1. The Morgan fingerprint density at radius 2 is 1.72 bits per heavy atom. The van der Waals surface area contributed by atoms with Gasteiger partial charge in [-0.15, -0.1) is 0 Å². The van der Waals surface area contributed by atoms with Gasteiger partial charge in [0.25, 0.3) is 11.5 Å². The molecule has 1 saturated heterocycles. The first-order valence-corrected chi connectivity index (χ1v) is 12.0. The average molecular weight is 451 g/mol. The van der Waals surface area contributed by atoms with Gasteiger partial charge in [-0.1, -0.05) is 24.3 Å². The molecule has 32 heavy (non-hydrogen) atoms. The lowest BCUT2D eigenvalue weighted by Gasteiger charge is -2.32. The summed E-state index contributed by atoms with van der Waals surface area (Å²) in [5.74, 6) is -0.00971. The molecule has 2 aliphatic rings. The Morgan fingerprint density at radius 3 is 2.50 bits per heavy atom. The van der Waals surface area contributed by atoms with Gasteiger partial charge in [0.05, 0.1) is 4.90 Å². The van der Waals surface area contributed by atoms with Gasteiger partial charge in [0.2, 0.25) is 0 Å². The van der Waals surface area contributed by atoms with Gasteiger partial charge in [0.1, 0.15) is 11.0 Å². The van der Waals surface area contributed by atoms with Crippen LogP contribution in [0.4, 0.5) is 0 Å². The number of pyridine rings is 1. The highest BCUT2D eigenvalue weighted by Crippen LogP contribution is 2.27. The minimum atomic E-state index is -1.40. The van der Waals surface area contributed by atoms with Crippen molar-refractivity contribution in [2.75, 3.05) is 39.8 Å². The van der Waals surface area contributed by atoms with Crippen LogP contribution in [0.25, 0.3) is 10.8 Å². The molecule has 166 valence electrons. The third-order valence-electron chi connectivity index (χ3n) is 6.38. The summed E-state index contributed by atoms with van der Waals surface area (Å²) in [5, 5.41) is 1.56. The van der Waals surface area contributed by atoms with Crippen molar-refractivity contribution in [1.82, 2.24) is 19.1 Å². The maximum absolute atomic E-state index is 13.4. The lowest BCUT2D eigenvalue weighted by molar-refractivity contribution is 0.0664. The number of aromatic amines is 1. The van der Waals surface area contributed by atoms with E-state index in [2.05, 4.69) is 16.9 Å². The molecule has 1 amide bonds. The van der Waals surface area contributed by atoms with E-state index in [9.17, 15) is 13.8 Å². The molecule has 2 aliphatic heterocycles. The number of fused-ring (bicyclic) bond motifs is 3. The maximum Gasteiger partial charge on any atom is 0.256 e. The number of benzene rings is 2. The molecule has 2 aromatic carbocycles. The second-order valence-corrected chi connectivity index (χ2v) is 9.93. The topological polar surface area (TPSA) is 76.7 Å². The fourth-order valence-corrected chi connectivity index (χ4v) is 5.72. The van der Waals surface area contributed by atoms with Crippen LogP contribution in [0.2, 0.25) is 0 Å². The molecule has 7 nitrogen and oxygen atoms in total. The molecule has 0 spiro atoms. The minimum Gasteiger partial charge on any atom is -0.336 e. The lowest BCUT2D eigenvalue weighted by atomic mass is 10.0.